The summed E-state index contributed by atoms with van der Waals surface area (Å²) in [5, 5.41) is 57.3. The Morgan fingerprint density at radius 3 is 1.18 bits per heavy atom. The maximum absolute atomic E-state index is 13.5. The van der Waals surface area contributed by atoms with Gasteiger partial charge in [-0.25, -0.2) is 0 Å². The monoisotopic (exact) mass is 1250 g/mol. The van der Waals surface area contributed by atoms with Crippen LogP contribution < -0.4 is 5.32 Å². The SMILES string of the molecule is CCCCC/C=C\C/C=C\C/C=C\C/C=C\CCCCCCCCC(O)C(=O)NC(COC1OC(CO)C(O)C(O)C1OC(=O)CCCCCCCCCCCCCCCC/C=C\C/C=C\C/C=C\CCCCC)C(O)/C=C/CCCCCCCCCCC. The van der Waals surface area contributed by atoms with E-state index in [2.05, 4.69) is 111 Å². The molecule has 1 rings (SSSR count). The van der Waals surface area contributed by atoms with Crippen molar-refractivity contribution in [3.63, 3.8) is 0 Å². The lowest BCUT2D eigenvalue weighted by molar-refractivity contribution is -0.305. The number of carbonyl (C=O) groups is 2. The van der Waals surface area contributed by atoms with Crippen molar-refractivity contribution in [1.29, 1.82) is 0 Å². The quantitative estimate of drug-likeness (QED) is 0.0195. The highest BCUT2D eigenvalue weighted by atomic mass is 16.7. The molecule has 0 radical (unpaired) electrons. The number of carbonyl (C=O) groups excluding carboxylic acids is 2. The van der Waals surface area contributed by atoms with E-state index in [0.29, 0.717) is 12.8 Å². The Kier molecular flexibility index (Phi) is 60.7. The van der Waals surface area contributed by atoms with Gasteiger partial charge in [0, 0.05) is 6.42 Å². The van der Waals surface area contributed by atoms with E-state index in [-0.39, 0.29) is 19.4 Å². The van der Waals surface area contributed by atoms with Gasteiger partial charge in [-0.05, 0) is 109 Å². The Hall–Kier alpha value is -3.42. The van der Waals surface area contributed by atoms with Crippen LogP contribution in [0.4, 0.5) is 0 Å². The summed E-state index contributed by atoms with van der Waals surface area (Å²) >= 11 is 0. The average Bonchev–Trinajstić information content (AvgIpc) is 2.36. The molecule has 11 heteroatoms. The third kappa shape index (κ3) is 51.7. The molecule has 1 heterocycles. The number of amides is 1. The molecule has 0 aromatic rings. The second-order valence-corrected chi connectivity index (χ2v) is 25.3. The molecule has 0 saturated carbocycles. The lowest BCUT2D eigenvalue weighted by Gasteiger charge is -2.41. The largest absolute Gasteiger partial charge is 0.454 e. The summed E-state index contributed by atoms with van der Waals surface area (Å²) in [4.78, 5) is 26.7. The van der Waals surface area contributed by atoms with Gasteiger partial charge in [0.15, 0.2) is 12.4 Å². The fraction of sp³-hybridized carbons (Fsp3) is 0.769. The molecule has 8 atom stereocenters. The minimum Gasteiger partial charge on any atom is -0.454 e. The molecule has 0 aromatic heterocycles. The molecule has 89 heavy (non-hydrogen) atoms. The molecule has 6 N–H and O–H groups in total. The number of nitrogens with one attached hydrogen (secondary N) is 1. The fourth-order valence-electron chi connectivity index (χ4n) is 11.1. The molecular formula is C78H137NO10. The summed E-state index contributed by atoms with van der Waals surface area (Å²) < 4.78 is 17.7. The number of ether oxygens (including phenoxy) is 3. The van der Waals surface area contributed by atoms with Crippen molar-refractivity contribution in [3.8, 4) is 0 Å². The van der Waals surface area contributed by atoms with Gasteiger partial charge in [0.2, 0.25) is 5.91 Å². The number of unbranched alkanes of at least 4 members (excludes halogenated alkanes) is 35. The molecule has 1 aliphatic rings. The highest BCUT2D eigenvalue weighted by Gasteiger charge is 2.47. The van der Waals surface area contributed by atoms with Crippen molar-refractivity contribution < 1.29 is 49.3 Å². The first-order chi connectivity index (χ1) is 43.7. The topological polar surface area (TPSA) is 175 Å². The van der Waals surface area contributed by atoms with Gasteiger partial charge in [0.05, 0.1) is 25.4 Å². The Balaban J connectivity index is 2.53. The number of aliphatic hydroxyl groups is 5. The van der Waals surface area contributed by atoms with E-state index in [1.165, 1.54) is 167 Å². The van der Waals surface area contributed by atoms with E-state index in [1.807, 2.05) is 6.08 Å². The highest BCUT2D eigenvalue weighted by Crippen LogP contribution is 2.26. The molecule has 1 fully saturated rings. The Morgan fingerprint density at radius 2 is 0.775 bits per heavy atom. The summed E-state index contributed by atoms with van der Waals surface area (Å²) in [6.07, 6.45) is 77.3. The van der Waals surface area contributed by atoms with E-state index in [0.717, 1.165) is 109 Å². The number of hydrogen-bond acceptors (Lipinski definition) is 10. The van der Waals surface area contributed by atoms with Crippen LogP contribution in [0.15, 0.2) is 97.2 Å². The highest BCUT2D eigenvalue weighted by molar-refractivity contribution is 5.80. The van der Waals surface area contributed by atoms with Crippen LogP contribution in [0.2, 0.25) is 0 Å². The fourth-order valence-corrected chi connectivity index (χ4v) is 11.1. The van der Waals surface area contributed by atoms with Crippen LogP contribution in [0, 0.1) is 0 Å². The smallest absolute Gasteiger partial charge is 0.306 e. The first-order valence-corrected chi connectivity index (χ1v) is 37.0. The maximum atomic E-state index is 13.5. The van der Waals surface area contributed by atoms with Crippen molar-refractivity contribution in [3.05, 3.63) is 97.2 Å². The average molecular weight is 1250 g/mol. The molecule has 1 saturated heterocycles. The van der Waals surface area contributed by atoms with Crippen molar-refractivity contribution in [2.75, 3.05) is 13.2 Å². The maximum Gasteiger partial charge on any atom is 0.306 e. The molecule has 11 nitrogen and oxygen atoms in total. The van der Waals surface area contributed by atoms with E-state index in [9.17, 15) is 35.1 Å². The van der Waals surface area contributed by atoms with Crippen LogP contribution in [0.5, 0.6) is 0 Å². The first kappa shape index (κ1) is 83.6. The molecule has 0 spiro atoms. The van der Waals surface area contributed by atoms with E-state index in [4.69, 9.17) is 14.2 Å². The molecule has 0 aromatic carbocycles. The number of aliphatic hydroxyl groups excluding tert-OH is 5. The van der Waals surface area contributed by atoms with Crippen molar-refractivity contribution >= 4 is 11.9 Å². The Bertz CT molecular complexity index is 1820. The van der Waals surface area contributed by atoms with Gasteiger partial charge in [0.25, 0.3) is 0 Å². The van der Waals surface area contributed by atoms with Gasteiger partial charge in [-0.1, -0.05) is 304 Å². The zero-order valence-electron chi connectivity index (χ0n) is 57.3. The number of rotatable bonds is 63. The molecule has 1 aliphatic heterocycles. The normalized spacial score (nSPS) is 18.7. The van der Waals surface area contributed by atoms with Crippen molar-refractivity contribution in [1.82, 2.24) is 5.32 Å². The van der Waals surface area contributed by atoms with Gasteiger partial charge in [-0.3, -0.25) is 9.59 Å². The molecule has 514 valence electrons. The first-order valence-electron chi connectivity index (χ1n) is 37.0. The van der Waals surface area contributed by atoms with Gasteiger partial charge in [-0.15, -0.1) is 0 Å². The predicted octanol–water partition coefficient (Wildman–Crippen LogP) is 19.4. The third-order valence-electron chi connectivity index (χ3n) is 17.0. The van der Waals surface area contributed by atoms with Crippen molar-refractivity contribution in [2.45, 2.75) is 372 Å². The van der Waals surface area contributed by atoms with Crippen LogP contribution in [-0.4, -0.2) is 99.6 Å². The summed E-state index contributed by atoms with van der Waals surface area (Å²) in [5.41, 5.74) is 0. The molecular weight excluding hydrogens is 1110 g/mol. The third-order valence-corrected chi connectivity index (χ3v) is 17.0. The summed E-state index contributed by atoms with van der Waals surface area (Å²) in [7, 11) is 0. The lowest BCUT2D eigenvalue weighted by Crippen LogP contribution is -2.61. The summed E-state index contributed by atoms with van der Waals surface area (Å²) in [5.74, 6) is -1.20. The van der Waals surface area contributed by atoms with Crippen LogP contribution in [0.1, 0.15) is 323 Å². The van der Waals surface area contributed by atoms with Gasteiger partial charge < -0.3 is 45.1 Å². The van der Waals surface area contributed by atoms with Crippen LogP contribution in [-0.2, 0) is 23.8 Å². The van der Waals surface area contributed by atoms with E-state index in [1.54, 1.807) is 6.08 Å². The van der Waals surface area contributed by atoms with Gasteiger partial charge in [-0.2, -0.15) is 0 Å². The predicted molar refractivity (Wildman–Crippen MR) is 375 cm³/mol. The van der Waals surface area contributed by atoms with Gasteiger partial charge >= 0.3 is 5.97 Å². The lowest BCUT2D eigenvalue weighted by atomic mass is 9.99. The number of hydrogen-bond donors (Lipinski definition) is 6. The second kappa shape index (κ2) is 64.7. The molecule has 0 bridgehead atoms. The Labute approximate surface area is 546 Å². The zero-order valence-corrected chi connectivity index (χ0v) is 57.3. The molecule has 8 unspecified atom stereocenters. The van der Waals surface area contributed by atoms with E-state index < -0.39 is 67.4 Å². The Morgan fingerprint density at radius 1 is 0.438 bits per heavy atom. The van der Waals surface area contributed by atoms with Crippen LogP contribution >= 0.6 is 0 Å². The van der Waals surface area contributed by atoms with Crippen molar-refractivity contribution in [2.24, 2.45) is 0 Å². The minimum atomic E-state index is -1.62. The standard InChI is InChI=1S/C78H137NO10/c1-4-7-10-13-16-19-22-24-26-28-30-32-34-35-36-37-38-40-42-44-46-48-51-54-57-60-63-66-73(83)89-76-75(85)74(84)72(67-80)88-78(76)87-68-69(70(81)64-61-58-55-52-49-21-18-15-12-9-6-3)79-77(86)71(82)65-62-59-56-53-50-47-45-43-41-39-33-31-29-27-25-23-20-17-14-11-8-5-2/h16-17,19-20,24-27,30-33,41,43,61,64,69-72,74-76,78,80-82,84-85H,4-15,18,21-23,28-29,34-40,42,44-60,62-63,65-68H2,1-3H3,(H,79,86)/b19-16-,20-17-,26-24-,27-25-,32-30-,33-31-,43-41-,64-61+. The van der Waals surface area contributed by atoms with Gasteiger partial charge in [0.1, 0.15) is 24.4 Å². The summed E-state index contributed by atoms with van der Waals surface area (Å²) in [6.45, 7) is 5.75. The van der Waals surface area contributed by atoms with Crippen LogP contribution in [0.25, 0.3) is 0 Å². The molecule has 0 aliphatic carbocycles. The van der Waals surface area contributed by atoms with Crippen LogP contribution in [0.3, 0.4) is 0 Å². The summed E-state index contributed by atoms with van der Waals surface area (Å²) in [6, 6.07) is -1.04. The zero-order chi connectivity index (χ0) is 64.6. The number of esters is 1. The number of allylic oxidation sites excluding steroid dienone is 15. The second-order valence-electron chi connectivity index (χ2n) is 25.3. The van der Waals surface area contributed by atoms with E-state index >= 15 is 0 Å². The minimum absolute atomic E-state index is 0.118. The molecule has 1 amide bonds.